The van der Waals surface area contributed by atoms with Gasteiger partial charge in [0.25, 0.3) is 5.56 Å². The Labute approximate surface area is 94.4 Å². The molecule has 0 N–H and O–H groups in total. The zero-order chi connectivity index (χ0) is 11.5. The van der Waals surface area contributed by atoms with E-state index in [1.807, 2.05) is 25.1 Å². The van der Waals surface area contributed by atoms with Gasteiger partial charge < -0.3 is 0 Å². The molecule has 1 aromatic heterocycles. The molecule has 1 aromatic carbocycles. The van der Waals surface area contributed by atoms with Crippen molar-refractivity contribution in [3.05, 3.63) is 63.6 Å². The van der Waals surface area contributed by atoms with Crippen molar-refractivity contribution < 1.29 is 0 Å². The molecule has 0 saturated carbocycles. The largest absolute Gasteiger partial charge is 0.268 e. The maximum Gasteiger partial charge on any atom is 0.266 e. The highest BCUT2D eigenvalue weighted by molar-refractivity contribution is 5.26. The van der Waals surface area contributed by atoms with Crippen molar-refractivity contribution in [2.45, 2.75) is 13.3 Å². The molecule has 3 heteroatoms. The van der Waals surface area contributed by atoms with Gasteiger partial charge in [0.1, 0.15) is 0 Å². The molecule has 3 nitrogen and oxygen atoms in total. The van der Waals surface area contributed by atoms with Crippen LogP contribution in [0.1, 0.15) is 16.8 Å². The Hall–Kier alpha value is -1.90. The van der Waals surface area contributed by atoms with E-state index in [1.165, 1.54) is 10.2 Å². The van der Waals surface area contributed by atoms with E-state index >= 15 is 0 Å². The predicted octanol–water partition coefficient (Wildman–Crippen LogP) is 1.68. The third-order valence-electron chi connectivity index (χ3n) is 2.62. The van der Waals surface area contributed by atoms with Crippen LogP contribution in [0.2, 0.25) is 0 Å². The lowest BCUT2D eigenvalue weighted by Gasteiger charge is -2.06. The third-order valence-corrected chi connectivity index (χ3v) is 2.62. The molecule has 0 unspecified atom stereocenters. The van der Waals surface area contributed by atoms with Gasteiger partial charge in [0.2, 0.25) is 0 Å². The first-order valence-corrected chi connectivity index (χ1v) is 5.24. The Morgan fingerprint density at radius 3 is 2.62 bits per heavy atom. The van der Waals surface area contributed by atoms with Gasteiger partial charge in [-0.2, -0.15) is 5.10 Å². The van der Waals surface area contributed by atoms with Gasteiger partial charge in [-0.3, -0.25) is 4.79 Å². The number of rotatable bonds is 2. The van der Waals surface area contributed by atoms with E-state index in [9.17, 15) is 4.79 Å². The molecule has 1 heterocycles. The van der Waals surface area contributed by atoms with Crippen LogP contribution in [0, 0.1) is 6.92 Å². The van der Waals surface area contributed by atoms with Crippen LogP contribution in [-0.4, -0.2) is 9.78 Å². The van der Waals surface area contributed by atoms with Gasteiger partial charge in [-0.25, -0.2) is 4.68 Å². The van der Waals surface area contributed by atoms with Gasteiger partial charge in [0, 0.05) is 13.1 Å². The van der Waals surface area contributed by atoms with Crippen LogP contribution in [0.15, 0.2) is 41.2 Å². The highest BCUT2D eigenvalue weighted by Gasteiger charge is 2.03. The zero-order valence-electron chi connectivity index (χ0n) is 9.47. The maximum absolute atomic E-state index is 11.5. The number of hydrogen-bond donors (Lipinski definition) is 0. The lowest BCUT2D eigenvalue weighted by atomic mass is 10.0. The van der Waals surface area contributed by atoms with Crippen molar-refractivity contribution in [1.82, 2.24) is 9.78 Å². The molecule has 0 amide bonds. The Morgan fingerprint density at radius 1 is 1.25 bits per heavy atom. The quantitative estimate of drug-likeness (QED) is 0.762. The Bertz CT molecular complexity index is 544. The second kappa shape index (κ2) is 4.31. The first-order chi connectivity index (χ1) is 7.66. The summed E-state index contributed by atoms with van der Waals surface area (Å²) in [5, 5.41) is 4.17. The fourth-order valence-corrected chi connectivity index (χ4v) is 1.68. The molecule has 0 aliphatic rings. The molecule has 0 fully saturated rings. The molecule has 0 aliphatic carbocycles. The molecule has 0 aliphatic heterocycles. The van der Waals surface area contributed by atoms with Gasteiger partial charge in [-0.1, -0.05) is 30.3 Å². The number of aryl methyl sites for hydroxylation is 2. The SMILES string of the molecule is Cc1nn(C)c(=O)cc1Cc1ccccc1. The van der Waals surface area contributed by atoms with Gasteiger partial charge in [0.15, 0.2) is 0 Å². The van der Waals surface area contributed by atoms with Crippen LogP contribution in [0.25, 0.3) is 0 Å². The van der Waals surface area contributed by atoms with Crippen LogP contribution >= 0.6 is 0 Å². The fourth-order valence-electron chi connectivity index (χ4n) is 1.68. The average Bonchev–Trinajstić information content (AvgIpc) is 2.27. The minimum Gasteiger partial charge on any atom is -0.268 e. The number of hydrogen-bond acceptors (Lipinski definition) is 2. The Kier molecular flexibility index (Phi) is 2.86. The second-order valence-electron chi connectivity index (χ2n) is 3.88. The van der Waals surface area contributed by atoms with Gasteiger partial charge in [-0.15, -0.1) is 0 Å². The molecule has 0 saturated heterocycles. The number of nitrogens with zero attached hydrogens (tertiary/aromatic N) is 2. The summed E-state index contributed by atoms with van der Waals surface area (Å²) in [6.07, 6.45) is 0.760. The first kappa shape index (κ1) is 10.6. The summed E-state index contributed by atoms with van der Waals surface area (Å²) in [6, 6.07) is 11.8. The van der Waals surface area contributed by atoms with E-state index in [2.05, 4.69) is 17.2 Å². The Balaban J connectivity index is 2.36. The third kappa shape index (κ3) is 2.19. The molecule has 0 atom stereocenters. The minimum atomic E-state index is -0.0588. The molecular weight excluding hydrogens is 200 g/mol. The van der Waals surface area contributed by atoms with Crippen LogP contribution < -0.4 is 5.56 Å². The average molecular weight is 214 g/mol. The summed E-state index contributed by atoms with van der Waals surface area (Å²) in [6.45, 7) is 1.93. The summed E-state index contributed by atoms with van der Waals surface area (Å²) >= 11 is 0. The zero-order valence-corrected chi connectivity index (χ0v) is 9.47. The topological polar surface area (TPSA) is 34.9 Å². The first-order valence-electron chi connectivity index (χ1n) is 5.24. The van der Waals surface area contributed by atoms with Crippen molar-refractivity contribution in [1.29, 1.82) is 0 Å². The van der Waals surface area contributed by atoms with Gasteiger partial charge in [-0.05, 0) is 24.5 Å². The monoisotopic (exact) mass is 214 g/mol. The van der Waals surface area contributed by atoms with Crippen LogP contribution in [0.4, 0.5) is 0 Å². The summed E-state index contributed by atoms with van der Waals surface area (Å²) in [5.41, 5.74) is 3.04. The molecule has 0 spiro atoms. The number of aromatic nitrogens is 2. The molecule has 2 rings (SSSR count). The molecule has 2 aromatic rings. The standard InChI is InChI=1S/C13H14N2O/c1-10-12(9-13(16)15(2)14-10)8-11-6-4-3-5-7-11/h3-7,9H,8H2,1-2H3. The van der Waals surface area contributed by atoms with Crippen LogP contribution in [0.5, 0.6) is 0 Å². The van der Waals surface area contributed by atoms with Crippen LogP contribution in [-0.2, 0) is 13.5 Å². The van der Waals surface area contributed by atoms with E-state index in [1.54, 1.807) is 13.1 Å². The lowest BCUT2D eigenvalue weighted by Crippen LogP contribution is -2.21. The highest BCUT2D eigenvalue weighted by Crippen LogP contribution is 2.09. The van der Waals surface area contributed by atoms with Crippen molar-refractivity contribution in [3.8, 4) is 0 Å². The van der Waals surface area contributed by atoms with E-state index in [-0.39, 0.29) is 5.56 Å². The summed E-state index contributed by atoms with van der Waals surface area (Å²) < 4.78 is 1.36. The maximum atomic E-state index is 11.5. The van der Waals surface area contributed by atoms with Crippen molar-refractivity contribution in [3.63, 3.8) is 0 Å². The summed E-state index contributed by atoms with van der Waals surface area (Å²) in [7, 11) is 1.67. The predicted molar refractivity (Wildman–Crippen MR) is 63.5 cm³/mol. The van der Waals surface area contributed by atoms with E-state index < -0.39 is 0 Å². The minimum absolute atomic E-state index is 0.0588. The van der Waals surface area contributed by atoms with Gasteiger partial charge in [0.05, 0.1) is 5.69 Å². The normalized spacial score (nSPS) is 10.4. The Morgan fingerprint density at radius 2 is 1.94 bits per heavy atom. The highest BCUT2D eigenvalue weighted by atomic mass is 16.1. The molecule has 0 bridgehead atoms. The second-order valence-corrected chi connectivity index (χ2v) is 3.88. The van der Waals surface area contributed by atoms with Crippen molar-refractivity contribution >= 4 is 0 Å². The summed E-state index contributed by atoms with van der Waals surface area (Å²) in [4.78, 5) is 11.5. The van der Waals surface area contributed by atoms with Crippen molar-refractivity contribution in [2.75, 3.05) is 0 Å². The van der Waals surface area contributed by atoms with E-state index in [0.29, 0.717) is 0 Å². The molecule has 0 radical (unpaired) electrons. The summed E-state index contributed by atoms with van der Waals surface area (Å²) in [5.74, 6) is 0. The fraction of sp³-hybridized carbons (Fsp3) is 0.231. The lowest BCUT2D eigenvalue weighted by molar-refractivity contribution is 0.684. The molecule has 82 valence electrons. The molecular formula is C13H14N2O. The van der Waals surface area contributed by atoms with E-state index in [0.717, 1.165) is 17.7 Å². The van der Waals surface area contributed by atoms with Crippen LogP contribution in [0.3, 0.4) is 0 Å². The van der Waals surface area contributed by atoms with E-state index in [4.69, 9.17) is 0 Å². The van der Waals surface area contributed by atoms with Gasteiger partial charge >= 0.3 is 0 Å². The smallest absolute Gasteiger partial charge is 0.266 e. The van der Waals surface area contributed by atoms with Crippen molar-refractivity contribution in [2.24, 2.45) is 7.05 Å². The number of benzene rings is 1. The molecule has 16 heavy (non-hydrogen) atoms.